The lowest BCUT2D eigenvalue weighted by atomic mass is 9.81. The Labute approximate surface area is 179 Å². The molecule has 1 atom stereocenters. The van der Waals surface area contributed by atoms with Crippen LogP contribution in [0.3, 0.4) is 0 Å². The maximum Gasteiger partial charge on any atom is 0.490 e. The lowest BCUT2D eigenvalue weighted by Gasteiger charge is -2.43. The zero-order valence-electron chi connectivity index (χ0n) is 17.9. The first-order chi connectivity index (χ1) is 14.4. The number of piperidine rings is 1. The average molecular weight is 443 g/mol. The summed E-state index contributed by atoms with van der Waals surface area (Å²) < 4.78 is 31.7. The van der Waals surface area contributed by atoms with Crippen LogP contribution in [0.25, 0.3) is 0 Å². The van der Waals surface area contributed by atoms with E-state index in [9.17, 15) is 22.8 Å². The molecule has 1 N–H and O–H groups in total. The number of nitrogens with zero attached hydrogens (tertiary/aromatic N) is 3. The zero-order valence-corrected chi connectivity index (χ0v) is 17.9. The Bertz CT molecular complexity index is 791. The highest BCUT2D eigenvalue weighted by Crippen LogP contribution is 2.44. The number of carbonyl (C=O) groups is 3. The number of halogens is 3. The number of amides is 2. The molecule has 2 saturated heterocycles. The molecule has 2 aliphatic heterocycles. The molecule has 0 saturated carbocycles. The summed E-state index contributed by atoms with van der Waals surface area (Å²) in [7, 11) is 5.54. The molecule has 1 spiro atoms. The maximum atomic E-state index is 12.8. The topological polar surface area (TPSA) is 81.2 Å². The summed E-state index contributed by atoms with van der Waals surface area (Å²) in [5, 5.41) is 7.12. The van der Waals surface area contributed by atoms with Gasteiger partial charge in [-0.25, -0.2) is 4.79 Å². The van der Waals surface area contributed by atoms with E-state index in [0.29, 0.717) is 6.54 Å². The lowest BCUT2D eigenvalue weighted by Crippen LogP contribution is -2.52. The fraction of sp³-hybridized carbons (Fsp3) is 0.571. The van der Waals surface area contributed by atoms with Crippen LogP contribution in [0.4, 0.5) is 13.2 Å². The van der Waals surface area contributed by atoms with Gasteiger partial charge in [-0.2, -0.15) is 13.2 Å². The fourth-order valence-electron chi connectivity index (χ4n) is 4.02. The van der Waals surface area contributed by atoms with Crippen LogP contribution in [0.1, 0.15) is 30.7 Å². The van der Waals surface area contributed by atoms with E-state index in [1.54, 1.807) is 19.0 Å². The van der Waals surface area contributed by atoms with Crippen LogP contribution in [0.15, 0.2) is 30.3 Å². The quantitative estimate of drug-likeness (QED) is 0.775. The molecule has 0 aliphatic carbocycles. The van der Waals surface area contributed by atoms with Gasteiger partial charge in [0, 0.05) is 39.8 Å². The van der Waals surface area contributed by atoms with Crippen LogP contribution < -0.4 is 0 Å². The number of aliphatic carboxylic acids is 1. The molecule has 2 aliphatic rings. The third-order valence-corrected chi connectivity index (χ3v) is 6.01. The molecular weight excluding hydrogens is 415 g/mol. The number of hydrogen-bond donors (Lipinski definition) is 1. The van der Waals surface area contributed by atoms with E-state index >= 15 is 0 Å². The number of likely N-dealkylation sites (tertiary alicyclic amines) is 2. The van der Waals surface area contributed by atoms with Crippen molar-refractivity contribution in [1.82, 2.24) is 14.7 Å². The van der Waals surface area contributed by atoms with Crippen LogP contribution in [-0.2, 0) is 14.4 Å². The largest absolute Gasteiger partial charge is 0.490 e. The summed E-state index contributed by atoms with van der Waals surface area (Å²) in [4.78, 5) is 39.4. The van der Waals surface area contributed by atoms with Gasteiger partial charge in [-0.05, 0) is 24.8 Å². The Morgan fingerprint density at radius 2 is 1.68 bits per heavy atom. The van der Waals surface area contributed by atoms with E-state index in [-0.39, 0.29) is 23.3 Å². The summed E-state index contributed by atoms with van der Waals surface area (Å²) in [6, 6.07) is 10.1. The minimum absolute atomic E-state index is 0.0221. The molecule has 0 bridgehead atoms. The van der Waals surface area contributed by atoms with E-state index in [2.05, 4.69) is 17.0 Å². The minimum Gasteiger partial charge on any atom is -0.475 e. The zero-order chi connectivity index (χ0) is 23.4. The molecule has 7 nitrogen and oxygen atoms in total. The molecule has 2 fully saturated rings. The molecule has 31 heavy (non-hydrogen) atoms. The molecule has 1 unspecified atom stereocenters. The fourth-order valence-corrected chi connectivity index (χ4v) is 4.02. The Balaban J connectivity index is 0.000000423. The molecule has 3 rings (SSSR count). The number of carboxylic acids is 1. The smallest absolute Gasteiger partial charge is 0.475 e. The van der Waals surface area contributed by atoms with E-state index in [0.717, 1.165) is 37.9 Å². The van der Waals surface area contributed by atoms with Crippen molar-refractivity contribution in [2.24, 2.45) is 0 Å². The van der Waals surface area contributed by atoms with Gasteiger partial charge in [0.25, 0.3) is 0 Å². The Kier molecular flexibility index (Phi) is 7.69. The highest BCUT2D eigenvalue weighted by atomic mass is 19.4. The molecule has 2 heterocycles. The normalized spacial score (nSPS) is 20.9. The number of carboxylic acid groups (broad SMARTS) is 1. The van der Waals surface area contributed by atoms with E-state index in [1.165, 1.54) is 0 Å². The standard InChI is InChI=1S/C19H27N3O2.C2HF3O2/c1-20(2)17(23)14-22-11-9-19(10-12-22)13-16(18(24)21(19)3)15-7-5-4-6-8-15;3-2(4,5)1(6)7/h4-8,16H,9-14H2,1-3H3;(H,6,7). The van der Waals surface area contributed by atoms with Crippen molar-refractivity contribution in [2.75, 3.05) is 40.8 Å². The van der Waals surface area contributed by atoms with Gasteiger partial charge in [0.1, 0.15) is 0 Å². The van der Waals surface area contributed by atoms with Crippen molar-refractivity contribution in [3.63, 3.8) is 0 Å². The van der Waals surface area contributed by atoms with Crippen molar-refractivity contribution in [3.8, 4) is 0 Å². The molecule has 1 aromatic rings. The molecular formula is C21H28F3N3O4. The third-order valence-electron chi connectivity index (χ3n) is 6.01. The Hall–Kier alpha value is -2.62. The second-order valence-corrected chi connectivity index (χ2v) is 8.16. The van der Waals surface area contributed by atoms with Crippen LogP contribution in [0, 0.1) is 0 Å². The molecule has 2 amide bonds. The number of benzene rings is 1. The van der Waals surface area contributed by atoms with Gasteiger partial charge in [-0.15, -0.1) is 0 Å². The van der Waals surface area contributed by atoms with Gasteiger partial charge in [0.2, 0.25) is 11.8 Å². The number of likely N-dealkylation sites (N-methyl/N-ethyl adjacent to an activating group) is 2. The predicted octanol–water partition coefficient (Wildman–Crippen LogP) is 2.19. The second-order valence-electron chi connectivity index (χ2n) is 8.16. The molecule has 172 valence electrons. The molecule has 0 aromatic heterocycles. The van der Waals surface area contributed by atoms with Crippen molar-refractivity contribution in [1.29, 1.82) is 0 Å². The molecule has 10 heteroatoms. The predicted molar refractivity (Wildman–Crippen MR) is 107 cm³/mol. The number of rotatable bonds is 3. The monoisotopic (exact) mass is 443 g/mol. The van der Waals surface area contributed by atoms with Crippen LogP contribution in [0.5, 0.6) is 0 Å². The van der Waals surface area contributed by atoms with Crippen LogP contribution in [0.2, 0.25) is 0 Å². The van der Waals surface area contributed by atoms with Gasteiger partial charge in [-0.1, -0.05) is 30.3 Å². The van der Waals surface area contributed by atoms with Gasteiger partial charge in [0.05, 0.1) is 12.5 Å². The number of carbonyl (C=O) groups excluding carboxylic acids is 2. The van der Waals surface area contributed by atoms with Gasteiger partial charge >= 0.3 is 12.1 Å². The van der Waals surface area contributed by atoms with E-state index in [4.69, 9.17) is 9.90 Å². The Morgan fingerprint density at radius 3 is 2.13 bits per heavy atom. The minimum atomic E-state index is -5.08. The second kappa shape index (κ2) is 9.67. The molecule has 0 radical (unpaired) electrons. The summed E-state index contributed by atoms with van der Waals surface area (Å²) in [5.74, 6) is -2.40. The highest BCUT2D eigenvalue weighted by Gasteiger charge is 2.50. The van der Waals surface area contributed by atoms with Crippen LogP contribution >= 0.6 is 0 Å². The summed E-state index contributed by atoms with van der Waals surface area (Å²) in [5.41, 5.74) is 1.08. The summed E-state index contributed by atoms with van der Waals surface area (Å²) in [6.07, 6.45) is -2.31. The SMILES string of the molecule is CN(C)C(=O)CN1CCC2(CC1)CC(c1ccccc1)C(=O)N2C.O=C(O)C(F)(F)F. The van der Waals surface area contributed by atoms with E-state index < -0.39 is 12.1 Å². The van der Waals surface area contributed by atoms with Crippen molar-refractivity contribution in [2.45, 2.75) is 36.9 Å². The first-order valence-electron chi connectivity index (χ1n) is 9.92. The van der Waals surface area contributed by atoms with Gasteiger partial charge in [0.15, 0.2) is 0 Å². The first-order valence-corrected chi connectivity index (χ1v) is 9.92. The maximum absolute atomic E-state index is 12.8. The van der Waals surface area contributed by atoms with Crippen molar-refractivity contribution < 1.29 is 32.7 Å². The van der Waals surface area contributed by atoms with E-state index in [1.807, 2.05) is 30.1 Å². The lowest BCUT2D eigenvalue weighted by molar-refractivity contribution is -0.192. The number of hydrogen-bond acceptors (Lipinski definition) is 4. The third kappa shape index (κ3) is 5.96. The molecule has 1 aromatic carbocycles. The van der Waals surface area contributed by atoms with Gasteiger partial charge < -0.3 is 14.9 Å². The summed E-state index contributed by atoms with van der Waals surface area (Å²) in [6.45, 7) is 2.22. The van der Waals surface area contributed by atoms with Crippen LogP contribution in [-0.4, -0.2) is 90.1 Å². The highest BCUT2D eigenvalue weighted by molar-refractivity contribution is 5.87. The van der Waals surface area contributed by atoms with Gasteiger partial charge in [-0.3, -0.25) is 14.5 Å². The Morgan fingerprint density at radius 1 is 1.16 bits per heavy atom. The first kappa shape index (κ1) is 24.6. The summed E-state index contributed by atoms with van der Waals surface area (Å²) >= 11 is 0. The number of alkyl halides is 3. The van der Waals surface area contributed by atoms with Crippen molar-refractivity contribution in [3.05, 3.63) is 35.9 Å². The average Bonchev–Trinajstić information content (AvgIpc) is 2.95. The van der Waals surface area contributed by atoms with Crippen molar-refractivity contribution >= 4 is 17.8 Å².